The predicted molar refractivity (Wildman–Crippen MR) is 273 cm³/mol. The zero-order valence-corrected chi connectivity index (χ0v) is 39.6. The number of anilines is 4. The number of nitrogens with one attached hydrogen (secondary N) is 2. The molecule has 6 N–H and O–H groups in total. The number of likely N-dealkylation sites (N-methyl/N-ethyl adjacent to an activating group) is 1. The van der Waals surface area contributed by atoms with Gasteiger partial charge in [-0.25, -0.2) is 29.9 Å². The van der Waals surface area contributed by atoms with Crippen LogP contribution < -0.4 is 22.1 Å². The molecule has 0 spiro atoms. The molecule has 8 aromatic rings. The van der Waals surface area contributed by atoms with Crippen LogP contribution >= 0.6 is 0 Å². The van der Waals surface area contributed by atoms with E-state index in [4.69, 9.17) is 21.4 Å². The van der Waals surface area contributed by atoms with Gasteiger partial charge in [0.25, 0.3) is 11.8 Å². The van der Waals surface area contributed by atoms with Gasteiger partial charge in [-0.1, -0.05) is 43.0 Å². The van der Waals surface area contributed by atoms with Gasteiger partial charge in [0.05, 0.1) is 12.1 Å². The van der Waals surface area contributed by atoms with Crippen LogP contribution in [0.25, 0.3) is 33.5 Å². The molecular weight excluding hydrogens is 911 g/mol. The summed E-state index contributed by atoms with van der Waals surface area (Å²) in [5.41, 5.74) is 18.4. The lowest BCUT2D eigenvalue weighted by Crippen LogP contribution is -2.30. The van der Waals surface area contributed by atoms with Crippen LogP contribution in [-0.2, 0) is 9.59 Å². The summed E-state index contributed by atoms with van der Waals surface area (Å²) in [6, 6.07) is 22.3. The first-order chi connectivity index (χ1) is 34.9. The molecule has 0 bridgehead atoms. The molecular formula is C53H51N15O4. The number of rotatable bonds is 13. The SMILES string of the molecule is C=CC(=O)N1CC(c2ccnc(NC(=O)c3ccc(-c4nc([C@@H]5CCCN5C(=O)/C=C/CN(C)C)n5ccnc(N)c45)cc3)c2)C[C@H]1c1nc(-c2ccc(C(=O)Nc3ccccn3)cc2)c2c(N)nccn12. The fourth-order valence-corrected chi connectivity index (χ4v) is 9.63. The Morgan fingerprint density at radius 3 is 1.89 bits per heavy atom. The molecule has 0 aliphatic carbocycles. The van der Waals surface area contributed by atoms with Crippen molar-refractivity contribution in [3.05, 3.63) is 169 Å². The lowest BCUT2D eigenvalue weighted by Gasteiger charge is -2.22. The number of hydrogen-bond acceptors (Lipinski definition) is 13. The summed E-state index contributed by atoms with van der Waals surface area (Å²) in [4.78, 5) is 86.9. The third-order valence-corrected chi connectivity index (χ3v) is 13.1. The Morgan fingerprint density at radius 2 is 1.31 bits per heavy atom. The Morgan fingerprint density at radius 1 is 0.708 bits per heavy atom. The topological polar surface area (TPSA) is 240 Å². The van der Waals surface area contributed by atoms with Gasteiger partial charge in [-0.15, -0.1) is 0 Å². The number of nitrogen functional groups attached to an aromatic ring is 2. The van der Waals surface area contributed by atoms with E-state index in [0.29, 0.717) is 94.3 Å². The molecule has 0 radical (unpaired) electrons. The molecule has 1 unspecified atom stereocenters. The quantitative estimate of drug-likeness (QED) is 0.0894. The van der Waals surface area contributed by atoms with Gasteiger partial charge in [0, 0.05) is 91.1 Å². The van der Waals surface area contributed by atoms with Crippen LogP contribution in [0.4, 0.5) is 23.3 Å². The number of carbonyl (C=O) groups excluding carboxylic acids is 4. The molecule has 2 aliphatic rings. The number of imidazole rings is 2. The van der Waals surface area contributed by atoms with Crippen LogP contribution in [0.15, 0.2) is 141 Å². The normalized spacial score (nSPS) is 16.8. The largest absolute Gasteiger partial charge is 0.382 e. The number of nitrogens with two attached hydrogens (primary N) is 2. The number of fused-ring (bicyclic) bond motifs is 2. The first-order valence-electron chi connectivity index (χ1n) is 23.5. The molecule has 6 aromatic heterocycles. The van der Waals surface area contributed by atoms with Crippen LogP contribution in [0, 0.1) is 0 Å². The molecule has 362 valence electrons. The van der Waals surface area contributed by atoms with E-state index in [-0.39, 0.29) is 41.4 Å². The zero-order valence-electron chi connectivity index (χ0n) is 39.6. The highest BCUT2D eigenvalue weighted by Gasteiger charge is 2.39. The Kier molecular flexibility index (Phi) is 12.8. The van der Waals surface area contributed by atoms with Gasteiger partial charge in [-0.05, 0) is 93.5 Å². The van der Waals surface area contributed by atoms with Crippen LogP contribution in [-0.4, -0.2) is 111 Å². The van der Waals surface area contributed by atoms with E-state index in [9.17, 15) is 19.2 Å². The molecule has 4 amide bonds. The van der Waals surface area contributed by atoms with E-state index in [1.165, 1.54) is 6.08 Å². The fraction of sp³-hybridized carbons (Fsp3) is 0.208. The number of carbonyl (C=O) groups is 4. The maximum atomic E-state index is 13.8. The first-order valence-corrected chi connectivity index (χ1v) is 23.5. The minimum atomic E-state index is -0.499. The summed E-state index contributed by atoms with van der Waals surface area (Å²) in [6.45, 7) is 5.40. The van der Waals surface area contributed by atoms with E-state index in [1.54, 1.807) is 96.6 Å². The lowest BCUT2D eigenvalue weighted by molar-refractivity contribution is -0.127. The van der Waals surface area contributed by atoms with Crippen molar-refractivity contribution in [1.82, 2.24) is 53.4 Å². The summed E-state index contributed by atoms with van der Waals surface area (Å²) in [5, 5.41) is 5.75. The van der Waals surface area contributed by atoms with E-state index in [2.05, 4.69) is 37.1 Å². The number of benzene rings is 2. The minimum Gasteiger partial charge on any atom is -0.382 e. The fourth-order valence-electron chi connectivity index (χ4n) is 9.63. The highest BCUT2D eigenvalue weighted by atomic mass is 16.2. The summed E-state index contributed by atoms with van der Waals surface area (Å²) in [7, 11) is 3.90. The number of hydrogen-bond donors (Lipinski definition) is 4. The van der Waals surface area contributed by atoms with Crippen molar-refractivity contribution in [3.8, 4) is 22.5 Å². The molecule has 10 rings (SSSR count). The van der Waals surface area contributed by atoms with Gasteiger partial charge in [-0.3, -0.25) is 28.0 Å². The molecule has 0 saturated carbocycles. The van der Waals surface area contributed by atoms with Crippen LogP contribution in [0.3, 0.4) is 0 Å². The second-order valence-electron chi connectivity index (χ2n) is 17.9. The molecule has 3 atom stereocenters. The van der Waals surface area contributed by atoms with Crippen molar-refractivity contribution in [1.29, 1.82) is 0 Å². The monoisotopic (exact) mass is 961 g/mol. The van der Waals surface area contributed by atoms with Crippen molar-refractivity contribution in [2.24, 2.45) is 0 Å². The van der Waals surface area contributed by atoms with Gasteiger partial charge < -0.3 is 36.8 Å². The van der Waals surface area contributed by atoms with Crippen LogP contribution in [0.1, 0.15) is 75.2 Å². The molecule has 2 saturated heterocycles. The third-order valence-electron chi connectivity index (χ3n) is 13.1. The minimum absolute atomic E-state index is 0.0694. The van der Waals surface area contributed by atoms with Crippen LogP contribution in [0.2, 0.25) is 0 Å². The maximum absolute atomic E-state index is 13.8. The van der Waals surface area contributed by atoms with Crippen molar-refractivity contribution >= 4 is 57.9 Å². The molecule has 8 heterocycles. The summed E-state index contributed by atoms with van der Waals surface area (Å²) < 4.78 is 3.77. The third kappa shape index (κ3) is 9.11. The average molecular weight is 962 g/mol. The van der Waals surface area contributed by atoms with Crippen molar-refractivity contribution in [2.75, 3.05) is 55.8 Å². The Hall–Kier alpha value is -9.10. The van der Waals surface area contributed by atoms with Gasteiger partial charge >= 0.3 is 0 Å². The maximum Gasteiger partial charge on any atom is 0.256 e. The molecule has 2 aromatic carbocycles. The Labute approximate surface area is 414 Å². The number of aromatic nitrogens is 8. The van der Waals surface area contributed by atoms with Crippen molar-refractivity contribution in [3.63, 3.8) is 0 Å². The highest BCUT2D eigenvalue weighted by molar-refractivity contribution is 6.05. The second-order valence-corrected chi connectivity index (χ2v) is 17.9. The Balaban J connectivity index is 0.870. The molecule has 19 nitrogen and oxygen atoms in total. The van der Waals surface area contributed by atoms with E-state index >= 15 is 0 Å². The van der Waals surface area contributed by atoms with Gasteiger partial charge in [-0.2, -0.15) is 0 Å². The molecule has 2 fully saturated rings. The molecule has 19 heteroatoms. The van der Waals surface area contributed by atoms with Gasteiger partial charge in [0.1, 0.15) is 57.3 Å². The van der Waals surface area contributed by atoms with E-state index < -0.39 is 6.04 Å². The van der Waals surface area contributed by atoms with Gasteiger partial charge in [0.15, 0.2) is 0 Å². The standard InChI is InChI=1S/C53H51N15O4/c1-4-42(69)68-31-37(29-39(68)51-63-45(47-49(55)59-24-28-67(47)51)33-12-16-34(17-13-33)52(71)60-40-10-5-6-21-56-40)36-20-22-57-41(30-36)61-53(72)35-18-14-32(15-19-35)44-46-48(54)58-23-27-66(46)50(62-44)38-9-7-26-65(38)43(70)11-8-25-64(2)3/h4-6,8,10-24,27-28,30,37-39H,1,7,9,25-26,29,31H2,2-3H3,(H2,54,58)(H2,55,59)(H,56,60,71)(H,57,61,72)/b11-8+/t37?,38-,39-/m0/s1. The lowest BCUT2D eigenvalue weighted by atomic mass is 9.97. The number of pyridine rings is 2. The number of likely N-dealkylation sites (tertiary alicyclic amines) is 2. The number of nitrogens with zero attached hydrogens (tertiary/aromatic N) is 11. The van der Waals surface area contributed by atoms with E-state index in [0.717, 1.165) is 24.0 Å². The predicted octanol–water partition coefficient (Wildman–Crippen LogP) is 6.59. The Bertz CT molecular complexity index is 3400. The van der Waals surface area contributed by atoms with Gasteiger partial charge in [0.2, 0.25) is 11.8 Å². The highest BCUT2D eigenvalue weighted by Crippen LogP contribution is 2.43. The molecule has 2 aliphatic heterocycles. The average Bonchev–Trinajstić information content (AvgIpc) is 4.22. The zero-order chi connectivity index (χ0) is 50.0. The molecule has 72 heavy (non-hydrogen) atoms. The summed E-state index contributed by atoms with van der Waals surface area (Å²) in [6.07, 6.45) is 16.9. The second kappa shape index (κ2) is 19.7. The first kappa shape index (κ1) is 46.6. The van der Waals surface area contributed by atoms with Crippen molar-refractivity contribution < 1.29 is 19.2 Å². The number of amides is 4. The smallest absolute Gasteiger partial charge is 0.256 e. The summed E-state index contributed by atoms with van der Waals surface area (Å²) >= 11 is 0. The van der Waals surface area contributed by atoms with Crippen molar-refractivity contribution in [2.45, 2.75) is 37.3 Å². The van der Waals surface area contributed by atoms with E-state index in [1.807, 2.05) is 69.2 Å². The summed E-state index contributed by atoms with van der Waals surface area (Å²) in [5.74, 6) is 1.39. The van der Waals surface area contributed by atoms with Crippen LogP contribution in [0.5, 0.6) is 0 Å².